The molecule has 6 heteroatoms. The molecule has 0 fully saturated rings. The van der Waals surface area contributed by atoms with Crippen molar-refractivity contribution >= 4 is 17.6 Å². The number of nitrogens with one attached hydrogen (secondary N) is 1. The number of hydrogen-bond donors (Lipinski definition) is 1. The molecule has 0 radical (unpaired) electrons. The van der Waals surface area contributed by atoms with E-state index < -0.39 is 0 Å². The third-order valence-electron chi connectivity index (χ3n) is 1.73. The van der Waals surface area contributed by atoms with Gasteiger partial charge in [-0.15, -0.1) is 16.7 Å². The van der Waals surface area contributed by atoms with E-state index in [0.717, 1.165) is 26.2 Å². The van der Waals surface area contributed by atoms with Crippen molar-refractivity contribution in [1.29, 1.82) is 0 Å². The normalized spacial score (nSPS) is 12.7. The second kappa shape index (κ2) is 6.63. The molecule has 1 rings (SSSR count). The number of anilines is 1. The fraction of sp³-hybridized carbons (Fsp3) is 0.778. The monoisotopic (exact) mass is 233 g/mol. The molecule has 86 valence electrons. The van der Waals surface area contributed by atoms with Crippen LogP contribution < -0.4 is 5.32 Å². The lowest BCUT2D eigenvalue weighted by Gasteiger charge is -2.01. The van der Waals surface area contributed by atoms with Gasteiger partial charge in [-0.1, -0.05) is 5.10 Å². The van der Waals surface area contributed by atoms with E-state index in [1.807, 2.05) is 6.92 Å². The van der Waals surface area contributed by atoms with Gasteiger partial charge < -0.3 is 14.5 Å². The van der Waals surface area contributed by atoms with Crippen molar-refractivity contribution in [2.45, 2.75) is 25.6 Å². The number of ether oxygens (including phenoxy) is 1. The third kappa shape index (κ3) is 4.48. The topological polar surface area (TPSA) is 60.2 Å². The van der Waals surface area contributed by atoms with Gasteiger partial charge in [0, 0.05) is 19.8 Å². The first-order chi connectivity index (χ1) is 7.24. The summed E-state index contributed by atoms with van der Waals surface area (Å²) in [5.41, 5.74) is 0. The lowest BCUT2D eigenvalue weighted by Crippen LogP contribution is -2.05. The fourth-order valence-corrected chi connectivity index (χ4v) is 1.07. The van der Waals surface area contributed by atoms with E-state index in [4.69, 9.17) is 20.8 Å². The van der Waals surface area contributed by atoms with Crippen LogP contribution in [0, 0.1) is 0 Å². The summed E-state index contributed by atoms with van der Waals surface area (Å²) >= 11 is 5.78. The summed E-state index contributed by atoms with van der Waals surface area (Å²) < 4.78 is 10.4. The van der Waals surface area contributed by atoms with Crippen LogP contribution in [0.3, 0.4) is 0 Å². The quantitative estimate of drug-likeness (QED) is 0.578. The van der Waals surface area contributed by atoms with E-state index in [0.29, 0.717) is 11.9 Å². The zero-order valence-corrected chi connectivity index (χ0v) is 9.75. The molecule has 0 bridgehead atoms. The molecule has 15 heavy (non-hydrogen) atoms. The lowest BCUT2D eigenvalue weighted by atomic mass is 10.4. The smallest absolute Gasteiger partial charge is 0.315 e. The van der Waals surface area contributed by atoms with Crippen LogP contribution >= 0.6 is 11.6 Å². The summed E-state index contributed by atoms with van der Waals surface area (Å²) in [6, 6.07) is 0.411. The second-order valence-corrected chi connectivity index (χ2v) is 3.69. The molecule has 0 aromatic carbocycles. The highest BCUT2D eigenvalue weighted by molar-refractivity contribution is 6.20. The Morgan fingerprint density at radius 1 is 1.53 bits per heavy atom. The van der Waals surface area contributed by atoms with Crippen LogP contribution in [0.1, 0.15) is 31.5 Å². The first-order valence-corrected chi connectivity index (χ1v) is 5.46. The Morgan fingerprint density at radius 2 is 2.33 bits per heavy atom. The molecule has 1 aromatic rings. The maximum absolute atomic E-state index is 5.78. The summed E-state index contributed by atoms with van der Waals surface area (Å²) in [4.78, 5) is 0. The molecule has 1 unspecified atom stereocenters. The first-order valence-electron chi connectivity index (χ1n) is 5.03. The summed E-state index contributed by atoms with van der Waals surface area (Å²) in [5.74, 6) is 0.434. The van der Waals surface area contributed by atoms with Gasteiger partial charge in [0.25, 0.3) is 0 Å². The molecule has 0 aliphatic heterocycles. The summed E-state index contributed by atoms with van der Waals surface area (Å²) in [7, 11) is 0. The maximum atomic E-state index is 5.78. The van der Waals surface area contributed by atoms with Crippen LogP contribution in [-0.2, 0) is 4.74 Å². The highest BCUT2D eigenvalue weighted by Crippen LogP contribution is 2.18. The number of alkyl halides is 1. The van der Waals surface area contributed by atoms with Gasteiger partial charge in [0.15, 0.2) is 0 Å². The van der Waals surface area contributed by atoms with Crippen molar-refractivity contribution in [3.63, 3.8) is 0 Å². The van der Waals surface area contributed by atoms with Crippen molar-refractivity contribution in [1.82, 2.24) is 10.2 Å². The van der Waals surface area contributed by atoms with Gasteiger partial charge in [-0.25, -0.2) is 0 Å². The Balaban J connectivity index is 2.20. The number of nitrogens with zero attached hydrogens (tertiary/aromatic N) is 2. The SMILES string of the molecule is CCOCCCNc1nnc(C(C)Cl)o1. The second-order valence-electron chi connectivity index (χ2n) is 3.04. The van der Waals surface area contributed by atoms with Crippen LogP contribution in [0.5, 0.6) is 0 Å². The molecule has 0 saturated carbocycles. The van der Waals surface area contributed by atoms with E-state index in [9.17, 15) is 0 Å². The molecule has 1 aromatic heterocycles. The van der Waals surface area contributed by atoms with E-state index in [1.54, 1.807) is 6.92 Å². The standard InChI is InChI=1S/C9H16ClN3O2/c1-3-14-6-4-5-11-9-13-12-8(15-9)7(2)10/h7H,3-6H2,1-2H3,(H,11,13). The largest absolute Gasteiger partial charge is 0.407 e. The third-order valence-corrected chi connectivity index (χ3v) is 1.91. The van der Waals surface area contributed by atoms with Crippen LogP contribution in [0.25, 0.3) is 0 Å². The molecule has 0 amide bonds. The molecule has 5 nitrogen and oxygen atoms in total. The van der Waals surface area contributed by atoms with Gasteiger partial charge in [-0.3, -0.25) is 0 Å². The van der Waals surface area contributed by atoms with Crippen molar-refractivity contribution in [3.05, 3.63) is 5.89 Å². The van der Waals surface area contributed by atoms with Crippen LogP contribution in [-0.4, -0.2) is 30.0 Å². The fourth-order valence-electron chi connectivity index (χ4n) is 0.981. The molecule has 1 atom stereocenters. The van der Waals surface area contributed by atoms with Gasteiger partial charge in [-0.05, 0) is 20.3 Å². The highest BCUT2D eigenvalue weighted by Gasteiger charge is 2.10. The van der Waals surface area contributed by atoms with Gasteiger partial charge in [0.05, 0.1) is 0 Å². The maximum Gasteiger partial charge on any atom is 0.315 e. The molecule has 0 spiro atoms. The Morgan fingerprint density at radius 3 is 2.93 bits per heavy atom. The van der Waals surface area contributed by atoms with Crippen molar-refractivity contribution in [2.75, 3.05) is 25.1 Å². The van der Waals surface area contributed by atoms with E-state index in [1.165, 1.54) is 0 Å². The minimum Gasteiger partial charge on any atom is -0.407 e. The van der Waals surface area contributed by atoms with E-state index in [2.05, 4.69) is 15.5 Å². The van der Waals surface area contributed by atoms with Crippen LogP contribution in [0.2, 0.25) is 0 Å². The van der Waals surface area contributed by atoms with Crippen LogP contribution in [0.4, 0.5) is 6.01 Å². The Labute approximate surface area is 94.2 Å². The average Bonchev–Trinajstić information content (AvgIpc) is 2.66. The number of aromatic nitrogens is 2. The summed E-state index contributed by atoms with van der Waals surface area (Å²) in [6.07, 6.45) is 0.905. The van der Waals surface area contributed by atoms with E-state index in [-0.39, 0.29) is 5.38 Å². The molecule has 0 aliphatic rings. The van der Waals surface area contributed by atoms with Gasteiger partial charge in [-0.2, -0.15) is 0 Å². The molecule has 1 heterocycles. The molecule has 0 aliphatic carbocycles. The Bertz CT molecular complexity index is 278. The molecule has 0 saturated heterocycles. The zero-order valence-electron chi connectivity index (χ0n) is 8.99. The predicted octanol–water partition coefficient (Wildman–Crippen LogP) is 2.21. The minimum atomic E-state index is -0.253. The van der Waals surface area contributed by atoms with Crippen molar-refractivity contribution in [2.24, 2.45) is 0 Å². The molecule has 1 N–H and O–H groups in total. The van der Waals surface area contributed by atoms with Gasteiger partial charge in [0.2, 0.25) is 5.89 Å². The van der Waals surface area contributed by atoms with Gasteiger partial charge >= 0.3 is 6.01 Å². The molecular formula is C9H16ClN3O2. The van der Waals surface area contributed by atoms with Crippen LogP contribution in [0.15, 0.2) is 4.42 Å². The summed E-state index contributed by atoms with van der Waals surface area (Å²) in [6.45, 7) is 5.98. The average molecular weight is 234 g/mol. The van der Waals surface area contributed by atoms with E-state index >= 15 is 0 Å². The van der Waals surface area contributed by atoms with Crippen molar-refractivity contribution in [3.8, 4) is 0 Å². The number of hydrogen-bond acceptors (Lipinski definition) is 5. The number of rotatable bonds is 7. The first kappa shape index (κ1) is 12.3. The predicted molar refractivity (Wildman–Crippen MR) is 58.2 cm³/mol. The Hall–Kier alpha value is -0.810. The summed E-state index contributed by atoms with van der Waals surface area (Å²) in [5, 5.41) is 10.3. The number of halogens is 1. The minimum absolute atomic E-state index is 0.253. The molecular weight excluding hydrogens is 218 g/mol. The lowest BCUT2D eigenvalue weighted by molar-refractivity contribution is 0.147. The van der Waals surface area contributed by atoms with Gasteiger partial charge in [0.1, 0.15) is 5.38 Å². The zero-order chi connectivity index (χ0) is 11.1. The highest BCUT2D eigenvalue weighted by atomic mass is 35.5. The van der Waals surface area contributed by atoms with Crippen molar-refractivity contribution < 1.29 is 9.15 Å². The Kier molecular flexibility index (Phi) is 5.42.